The van der Waals surface area contributed by atoms with E-state index in [1.54, 1.807) is 23.7 Å². The van der Waals surface area contributed by atoms with Gasteiger partial charge in [0.05, 0.1) is 0 Å². The van der Waals surface area contributed by atoms with E-state index in [0.29, 0.717) is 12.5 Å². The van der Waals surface area contributed by atoms with Crippen molar-refractivity contribution >= 4 is 23.8 Å². The van der Waals surface area contributed by atoms with Gasteiger partial charge in [0.2, 0.25) is 0 Å². The molecular formula is C15H30N2O3S. The Bertz CT molecular complexity index is 324. The molecule has 2 atom stereocenters. The number of amides is 2. The summed E-state index contributed by atoms with van der Waals surface area (Å²) in [6.07, 6.45) is 3.91. The van der Waals surface area contributed by atoms with Crippen molar-refractivity contribution in [1.29, 1.82) is 0 Å². The van der Waals surface area contributed by atoms with Crippen LogP contribution in [0.25, 0.3) is 0 Å². The van der Waals surface area contributed by atoms with Crippen LogP contribution in [0.15, 0.2) is 0 Å². The highest BCUT2D eigenvalue weighted by Crippen LogP contribution is 2.15. The van der Waals surface area contributed by atoms with Gasteiger partial charge in [-0.15, -0.1) is 0 Å². The largest absolute Gasteiger partial charge is 0.481 e. The van der Waals surface area contributed by atoms with Gasteiger partial charge >= 0.3 is 12.0 Å². The molecule has 0 fully saturated rings. The lowest BCUT2D eigenvalue weighted by Gasteiger charge is -2.26. The van der Waals surface area contributed by atoms with Crippen LogP contribution in [0.2, 0.25) is 0 Å². The number of hydrogen-bond donors (Lipinski definition) is 2. The van der Waals surface area contributed by atoms with Gasteiger partial charge in [-0.2, -0.15) is 11.8 Å². The monoisotopic (exact) mass is 318 g/mol. The Hall–Kier alpha value is -0.910. The molecule has 0 aliphatic rings. The molecule has 0 aromatic rings. The highest BCUT2D eigenvalue weighted by atomic mass is 32.2. The highest BCUT2D eigenvalue weighted by molar-refractivity contribution is 7.98. The summed E-state index contributed by atoms with van der Waals surface area (Å²) < 4.78 is 0. The summed E-state index contributed by atoms with van der Waals surface area (Å²) in [5.74, 6) is 0.621. The Morgan fingerprint density at radius 3 is 2.38 bits per heavy atom. The second-order valence-corrected chi connectivity index (χ2v) is 7.01. The first-order chi connectivity index (χ1) is 9.77. The number of hydrogen-bond acceptors (Lipinski definition) is 3. The van der Waals surface area contributed by atoms with Crippen LogP contribution in [-0.4, -0.2) is 53.6 Å². The molecule has 0 aromatic carbocycles. The molecule has 0 bridgehead atoms. The number of nitrogens with zero attached hydrogens (tertiary/aromatic N) is 1. The van der Waals surface area contributed by atoms with Crippen LogP contribution >= 0.6 is 11.8 Å². The topological polar surface area (TPSA) is 69.6 Å². The number of rotatable bonds is 10. The Labute approximate surface area is 132 Å². The van der Waals surface area contributed by atoms with E-state index in [4.69, 9.17) is 5.11 Å². The third-order valence-corrected chi connectivity index (χ3v) is 4.18. The van der Waals surface area contributed by atoms with Gasteiger partial charge < -0.3 is 15.3 Å². The minimum absolute atomic E-state index is 0.0126. The molecule has 0 saturated heterocycles. The summed E-state index contributed by atoms with van der Waals surface area (Å²) in [7, 11) is 1.79. The van der Waals surface area contributed by atoms with Gasteiger partial charge in [-0.1, -0.05) is 13.8 Å². The maximum Gasteiger partial charge on any atom is 0.317 e. The molecule has 0 heterocycles. The number of aliphatic carboxylic acids is 1. The summed E-state index contributed by atoms with van der Waals surface area (Å²) in [6, 6.07) is 0.0585. The van der Waals surface area contributed by atoms with Crippen molar-refractivity contribution in [2.24, 2.45) is 11.8 Å². The molecule has 5 nitrogen and oxygen atoms in total. The molecule has 0 aliphatic carbocycles. The van der Waals surface area contributed by atoms with E-state index in [9.17, 15) is 9.59 Å². The van der Waals surface area contributed by atoms with E-state index in [-0.39, 0.29) is 24.4 Å². The van der Waals surface area contributed by atoms with Crippen molar-refractivity contribution in [3.8, 4) is 0 Å². The highest BCUT2D eigenvalue weighted by Gasteiger charge is 2.19. The zero-order valence-electron chi connectivity index (χ0n) is 13.9. The van der Waals surface area contributed by atoms with Gasteiger partial charge in [0.1, 0.15) is 0 Å². The Morgan fingerprint density at radius 1 is 1.29 bits per heavy atom. The second-order valence-electron chi connectivity index (χ2n) is 6.02. The van der Waals surface area contributed by atoms with Gasteiger partial charge in [-0.25, -0.2) is 4.79 Å². The Balaban J connectivity index is 4.30. The molecule has 124 valence electrons. The molecule has 2 N–H and O–H groups in total. The summed E-state index contributed by atoms with van der Waals surface area (Å²) in [5, 5.41) is 11.8. The van der Waals surface area contributed by atoms with E-state index < -0.39 is 5.97 Å². The molecule has 0 radical (unpaired) electrons. The lowest BCUT2D eigenvalue weighted by atomic mass is 9.94. The molecule has 6 heteroatoms. The van der Waals surface area contributed by atoms with Crippen LogP contribution in [0.1, 0.15) is 40.0 Å². The summed E-state index contributed by atoms with van der Waals surface area (Å²) in [6.45, 7) is 6.57. The molecule has 0 aliphatic heterocycles. The number of carboxylic acid groups (broad SMARTS) is 1. The molecule has 0 aromatic heterocycles. The van der Waals surface area contributed by atoms with Gasteiger partial charge in [0, 0.05) is 26.1 Å². The van der Waals surface area contributed by atoms with Crippen LogP contribution < -0.4 is 5.32 Å². The first kappa shape index (κ1) is 20.1. The maximum absolute atomic E-state index is 12.1. The van der Waals surface area contributed by atoms with Crippen LogP contribution in [0, 0.1) is 11.8 Å². The SMILES string of the molecule is CSCCC(C)N(C)C(=O)NCC(CC(=O)O)CC(C)C. The fourth-order valence-corrected chi connectivity index (χ4v) is 2.77. The predicted molar refractivity (Wildman–Crippen MR) is 88.8 cm³/mol. The van der Waals surface area contributed by atoms with E-state index >= 15 is 0 Å². The number of carbonyl (C=O) groups excluding carboxylic acids is 1. The lowest BCUT2D eigenvalue weighted by Crippen LogP contribution is -2.44. The summed E-state index contributed by atoms with van der Waals surface area (Å²) >= 11 is 1.77. The third-order valence-electron chi connectivity index (χ3n) is 3.53. The predicted octanol–water partition coefficient (Wildman–Crippen LogP) is 2.91. The zero-order chi connectivity index (χ0) is 16.4. The van der Waals surface area contributed by atoms with E-state index in [2.05, 4.69) is 25.4 Å². The molecule has 21 heavy (non-hydrogen) atoms. The third kappa shape index (κ3) is 9.61. The number of carbonyl (C=O) groups is 2. The number of thioether (sulfide) groups is 1. The van der Waals surface area contributed by atoms with Crippen molar-refractivity contribution in [2.75, 3.05) is 25.6 Å². The second kappa shape index (κ2) is 10.8. The number of urea groups is 1. The number of carboxylic acids is 1. The smallest absolute Gasteiger partial charge is 0.317 e. The van der Waals surface area contributed by atoms with Gasteiger partial charge in [0.25, 0.3) is 0 Å². The fraction of sp³-hybridized carbons (Fsp3) is 0.867. The fourth-order valence-electron chi connectivity index (χ4n) is 2.19. The molecular weight excluding hydrogens is 288 g/mol. The first-order valence-electron chi connectivity index (χ1n) is 7.49. The van der Waals surface area contributed by atoms with Crippen molar-refractivity contribution < 1.29 is 14.7 Å². The van der Waals surface area contributed by atoms with Gasteiger partial charge in [-0.05, 0) is 43.6 Å². The average Bonchev–Trinajstić information content (AvgIpc) is 2.39. The molecule has 2 amide bonds. The molecule has 2 unspecified atom stereocenters. The number of nitrogens with one attached hydrogen (secondary N) is 1. The zero-order valence-corrected chi connectivity index (χ0v) is 14.7. The van der Waals surface area contributed by atoms with Crippen LogP contribution in [0.3, 0.4) is 0 Å². The van der Waals surface area contributed by atoms with E-state index in [1.807, 2.05) is 6.92 Å². The quantitative estimate of drug-likeness (QED) is 0.650. The van der Waals surface area contributed by atoms with Crippen LogP contribution in [0.5, 0.6) is 0 Å². The van der Waals surface area contributed by atoms with Crippen molar-refractivity contribution in [3.63, 3.8) is 0 Å². The Kier molecular flexibility index (Phi) is 10.3. The van der Waals surface area contributed by atoms with Crippen LogP contribution in [-0.2, 0) is 4.79 Å². The molecule has 0 saturated carbocycles. The van der Waals surface area contributed by atoms with Gasteiger partial charge in [-0.3, -0.25) is 4.79 Å². The lowest BCUT2D eigenvalue weighted by molar-refractivity contribution is -0.138. The van der Waals surface area contributed by atoms with Gasteiger partial charge in [0.15, 0.2) is 0 Å². The van der Waals surface area contributed by atoms with Crippen molar-refractivity contribution in [2.45, 2.75) is 46.1 Å². The summed E-state index contributed by atoms with van der Waals surface area (Å²) in [5.41, 5.74) is 0. The van der Waals surface area contributed by atoms with Crippen molar-refractivity contribution in [3.05, 3.63) is 0 Å². The molecule has 0 rings (SSSR count). The average molecular weight is 318 g/mol. The van der Waals surface area contributed by atoms with E-state index in [0.717, 1.165) is 18.6 Å². The Morgan fingerprint density at radius 2 is 1.90 bits per heavy atom. The van der Waals surface area contributed by atoms with Crippen LogP contribution in [0.4, 0.5) is 4.79 Å². The normalized spacial score (nSPS) is 13.8. The minimum atomic E-state index is -0.809. The minimum Gasteiger partial charge on any atom is -0.481 e. The first-order valence-corrected chi connectivity index (χ1v) is 8.88. The standard InChI is InChI=1S/C15H30N2O3S/c1-11(2)8-13(9-14(18)19)10-16-15(20)17(4)12(3)6-7-21-5/h11-13H,6-10H2,1-5H3,(H,16,20)(H,18,19). The molecule has 0 spiro atoms. The summed E-state index contributed by atoms with van der Waals surface area (Å²) in [4.78, 5) is 24.7. The van der Waals surface area contributed by atoms with Crippen molar-refractivity contribution in [1.82, 2.24) is 10.2 Å². The van der Waals surface area contributed by atoms with E-state index in [1.165, 1.54) is 0 Å². The maximum atomic E-state index is 12.1.